The number of benzene rings is 1. The van der Waals surface area contributed by atoms with E-state index in [2.05, 4.69) is 28.1 Å². The highest BCUT2D eigenvalue weighted by atomic mass is 32.1. The summed E-state index contributed by atoms with van der Waals surface area (Å²) in [6, 6.07) is 3.50. The number of thiazole rings is 1. The number of alkyl halides is 3. The largest absolute Gasteiger partial charge is 0.403 e. The van der Waals surface area contributed by atoms with Gasteiger partial charge in [0, 0.05) is 26.3 Å². The maximum Gasteiger partial charge on any atom is 0.257 e. The predicted octanol–water partition coefficient (Wildman–Crippen LogP) is 4.23. The zero-order valence-electron chi connectivity index (χ0n) is 20.1. The quantitative estimate of drug-likeness (QED) is 0.165. The van der Waals surface area contributed by atoms with Crippen LogP contribution in [0.3, 0.4) is 0 Å². The molecule has 7 nitrogen and oxygen atoms in total. The number of hydrogen-bond acceptors (Lipinski definition) is 7. The van der Waals surface area contributed by atoms with Crippen LogP contribution in [0, 0.1) is 24.5 Å². The molecular weight excluding hydrogens is 515 g/mol. The number of likely N-dealkylation sites (N-methyl/N-ethyl adjacent to an activating group) is 1. The molecule has 1 aromatic heterocycles. The van der Waals surface area contributed by atoms with Crippen LogP contribution in [0.5, 0.6) is 0 Å². The summed E-state index contributed by atoms with van der Waals surface area (Å²) in [6.07, 6.45) is 7.97. The van der Waals surface area contributed by atoms with Crippen LogP contribution in [0.2, 0.25) is 0 Å². The Balaban J connectivity index is 0.000000350. The lowest BCUT2D eigenvalue weighted by Gasteiger charge is -2.26. The second-order valence-electron chi connectivity index (χ2n) is 7.38. The van der Waals surface area contributed by atoms with Crippen molar-refractivity contribution < 1.29 is 26.7 Å². The summed E-state index contributed by atoms with van der Waals surface area (Å²) in [5.41, 5.74) is 11.2. The molecule has 37 heavy (non-hydrogen) atoms. The molecule has 1 aromatic carbocycles. The number of hydrogen-bond donors (Lipinski definition) is 3. The molecule has 0 saturated carbocycles. The molecule has 3 rings (SSSR count). The van der Waals surface area contributed by atoms with Gasteiger partial charge in [-0.3, -0.25) is 9.79 Å². The second kappa shape index (κ2) is 16.2. The average Bonchev–Trinajstić information content (AvgIpc) is 3.11. The van der Waals surface area contributed by atoms with E-state index in [-0.39, 0.29) is 21.3 Å². The highest BCUT2D eigenvalue weighted by molar-refractivity contribution is 7.19. The molecule has 13 heteroatoms. The average molecular weight is 545 g/mol. The van der Waals surface area contributed by atoms with Gasteiger partial charge in [-0.25, -0.2) is 26.9 Å². The molecule has 0 amide bonds. The maximum absolute atomic E-state index is 13.4. The van der Waals surface area contributed by atoms with E-state index in [1.807, 2.05) is 4.90 Å². The van der Waals surface area contributed by atoms with Gasteiger partial charge in [0.2, 0.25) is 0 Å². The number of halogens is 5. The molecule has 0 spiro atoms. The van der Waals surface area contributed by atoms with Gasteiger partial charge < -0.3 is 21.7 Å². The molecule has 1 atom stereocenters. The fourth-order valence-corrected chi connectivity index (χ4v) is 4.13. The van der Waals surface area contributed by atoms with Crippen molar-refractivity contribution in [1.82, 2.24) is 15.2 Å². The van der Waals surface area contributed by atoms with Crippen molar-refractivity contribution in [3.63, 3.8) is 0 Å². The van der Waals surface area contributed by atoms with Crippen LogP contribution in [0.4, 0.5) is 27.0 Å². The van der Waals surface area contributed by atoms with Gasteiger partial charge in [0.05, 0.1) is 11.3 Å². The van der Waals surface area contributed by atoms with Crippen molar-refractivity contribution in [2.24, 2.45) is 10.7 Å². The third-order valence-corrected chi connectivity index (χ3v) is 5.90. The van der Waals surface area contributed by atoms with E-state index in [1.165, 1.54) is 12.3 Å². The van der Waals surface area contributed by atoms with Crippen molar-refractivity contribution in [2.75, 3.05) is 32.4 Å². The molecular formula is C24H29F5N6OS. The van der Waals surface area contributed by atoms with Gasteiger partial charge in [0.1, 0.15) is 45.9 Å². The lowest BCUT2D eigenvalue weighted by atomic mass is 10.2. The topological polar surface area (TPSA) is 110 Å². The van der Waals surface area contributed by atoms with Gasteiger partial charge in [-0.15, -0.1) is 12.8 Å². The van der Waals surface area contributed by atoms with E-state index in [0.717, 1.165) is 23.5 Å². The Bertz CT molecular complexity index is 1070. The maximum atomic E-state index is 13.4. The van der Waals surface area contributed by atoms with E-state index in [9.17, 15) is 26.7 Å². The fraction of sp³-hybridized carbons (Fsp3) is 0.375. The fourth-order valence-electron chi connectivity index (χ4n) is 3.29. The third-order valence-electron chi connectivity index (χ3n) is 4.98. The molecule has 5 N–H and O–H groups in total. The van der Waals surface area contributed by atoms with Crippen molar-refractivity contribution in [3.8, 4) is 23.4 Å². The first-order valence-electron chi connectivity index (χ1n) is 11.0. The van der Waals surface area contributed by atoms with Crippen LogP contribution in [0.25, 0.3) is 10.6 Å². The minimum atomic E-state index is -2.51. The summed E-state index contributed by atoms with van der Waals surface area (Å²) in [7, 11) is 1.65. The van der Waals surface area contributed by atoms with Crippen molar-refractivity contribution in [1.29, 1.82) is 0 Å². The van der Waals surface area contributed by atoms with Gasteiger partial charge in [-0.1, -0.05) is 17.4 Å². The Morgan fingerprint density at radius 3 is 2.46 bits per heavy atom. The first-order valence-corrected chi connectivity index (χ1v) is 11.8. The number of anilines is 1. The molecule has 1 fully saturated rings. The van der Waals surface area contributed by atoms with Gasteiger partial charge in [0.25, 0.3) is 6.43 Å². The Morgan fingerprint density at radius 2 is 1.95 bits per heavy atom. The molecule has 2 heterocycles. The summed E-state index contributed by atoms with van der Waals surface area (Å²) >= 11 is 0.876. The number of nitrogen functional groups attached to an aromatic ring is 1. The Kier molecular flexibility index (Phi) is 13.7. The molecule has 202 valence electrons. The Morgan fingerprint density at radius 1 is 1.30 bits per heavy atom. The molecule has 0 aliphatic carbocycles. The first-order chi connectivity index (χ1) is 17.7. The summed E-state index contributed by atoms with van der Waals surface area (Å²) < 4.78 is 64.7. The number of carbonyl (C=O) groups excluding carboxylic acids is 1. The lowest BCUT2D eigenvalue weighted by molar-refractivity contribution is 0.112. The van der Waals surface area contributed by atoms with Crippen LogP contribution in [0.1, 0.15) is 29.8 Å². The lowest BCUT2D eigenvalue weighted by Crippen LogP contribution is -2.37. The number of rotatable bonds is 6. The normalized spacial score (nSPS) is 16.1. The number of nitrogens with zero attached hydrogens (tertiary/aromatic N) is 3. The van der Waals surface area contributed by atoms with E-state index >= 15 is 0 Å². The van der Waals surface area contributed by atoms with Crippen molar-refractivity contribution >= 4 is 28.5 Å². The Hall–Kier alpha value is -3.66. The van der Waals surface area contributed by atoms with Gasteiger partial charge in [-0.05, 0) is 31.4 Å². The number of carbonyl (C=O) groups is 1. The van der Waals surface area contributed by atoms with Crippen LogP contribution in [0.15, 0.2) is 35.1 Å². The van der Waals surface area contributed by atoms with Crippen LogP contribution in [-0.2, 0) is 0 Å². The zero-order chi connectivity index (χ0) is 28.0. The van der Waals surface area contributed by atoms with E-state index in [4.69, 9.17) is 11.5 Å². The molecule has 1 aliphatic rings. The van der Waals surface area contributed by atoms with Crippen LogP contribution >= 0.6 is 11.3 Å². The van der Waals surface area contributed by atoms with Crippen LogP contribution < -0.4 is 16.8 Å². The van der Waals surface area contributed by atoms with Crippen LogP contribution in [-0.4, -0.2) is 61.3 Å². The molecule has 0 radical (unpaired) electrons. The number of likely N-dealkylation sites (tertiary alicyclic amines) is 1. The summed E-state index contributed by atoms with van der Waals surface area (Å²) in [4.78, 5) is 20.0. The number of terminal acetylenes is 1. The highest BCUT2D eigenvalue weighted by Crippen LogP contribution is 2.32. The molecule has 1 saturated heterocycles. The van der Waals surface area contributed by atoms with Gasteiger partial charge in [0.15, 0.2) is 6.29 Å². The number of nitrogens with one attached hydrogen (secondary N) is 1. The smallest absolute Gasteiger partial charge is 0.257 e. The summed E-state index contributed by atoms with van der Waals surface area (Å²) in [5, 5.41) is 3.04. The van der Waals surface area contributed by atoms with Gasteiger partial charge >= 0.3 is 0 Å². The van der Waals surface area contributed by atoms with E-state index in [1.54, 1.807) is 7.05 Å². The third kappa shape index (κ3) is 9.38. The van der Waals surface area contributed by atoms with E-state index in [0.29, 0.717) is 50.2 Å². The molecule has 1 aliphatic heterocycles. The number of amidine groups is 1. The molecule has 0 bridgehead atoms. The zero-order valence-corrected chi connectivity index (χ0v) is 21.0. The first kappa shape index (κ1) is 31.4. The number of aldehydes is 1. The highest BCUT2D eigenvalue weighted by Gasteiger charge is 2.21. The second-order valence-corrected chi connectivity index (χ2v) is 8.41. The Labute approximate surface area is 216 Å². The monoisotopic (exact) mass is 544 g/mol. The molecule has 0 unspecified atom stereocenters. The summed E-state index contributed by atoms with van der Waals surface area (Å²) in [6.45, 7) is 0.480. The predicted molar refractivity (Wildman–Crippen MR) is 137 cm³/mol. The van der Waals surface area contributed by atoms with Crippen molar-refractivity contribution in [3.05, 3.63) is 47.4 Å². The number of nitrogens with two attached hydrogens (primary N) is 2. The van der Waals surface area contributed by atoms with Crippen molar-refractivity contribution in [2.45, 2.75) is 31.9 Å². The van der Waals surface area contributed by atoms with E-state index < -0.39 is 30.8 Å². The van der Waals surface area contributed by atoms with Gasteiger partial charge in [-0.2, -0.15) is 0 Å². The minimum absolute atomic E-state index is 0.00246. The number of aliphatic imine (C=N–C) groups is 1. The molecule has 2 aromatic rings. The number of aromatic nitrogens is 1. The SMILES string of the molecule is C#C.CN/C(=C/N)C(=NCC(F)F)N1CCC[C@@H](F)CC1.Nc1sc(-c2c(F)cccc2F)nc1C=O. The summed E-state index contributed by atoms with van der Waals surface area (Å²) in [5.74, 6) is -1.07. The minimum Gasteiger partial charge on any atom is -0.403 e. The standard InChI is InChI=1S/C12H21F3N4.C10H6F2N2OS.C2H2/c1-17-10(7-16)12(18-8-11(14)15)19-5-2-3-9(13)4-6-19;11-5-2-1-3-6(12)8(5)10-14-7(4-15)9(13)16-10;1-2/h7,9,11,17H,2-6,8,16H2,1H3;1-4H,13H2;1-2H/b10-7+,18-12?;;/t9-;;/m1../s1.